The minimum atomic E-state index is -0.270. The van der Waals surface area contributed by atoms with E-state index in [4.69, 9.17) is 4.52 Å². The van der Waals surface area contributed by atoms with Gasteiger partial charge in [-0.05, 0) is 26.7 Å². The first kappa shape index (κ1) is 11.6. The number of amides is 2. The van der Waals surface area contributed by atoms with E-state index in [0.717, 1.165) is 18.4 Å². The molecule has 1 aliphatic rings. The van der Waals surface area contributed by atoms with Gasteiger partial charge in [-0.3, -0.25) is 20.4 Å². The molecule has 0 aliphatic heterocycles. The highest BCUT2D eigenvalue weighted by Gasteiger charge is 2.29. The third-order valence-electron chi connectivity index (χ3n) is 2.79. The van der Waals surface area contributed by atoms with Crippen molar-refractivity contribution in [3.63, 3.8) is 0 Å². The van der Waals surface area contributed by atoms with E-state index >= 15 is 0 Å². The predicted molar refractivity (Wildman–Crippen MR) is 58.7 cm³/mol. The molecular weight excluding hydrogens is 222 g/mol. The van der Waals surface area contributed by atoms with E-state index in [0.29, 0.717) is 11.5 Å². The molecule has 92 valence electrons. The number of rotatable bonds is 3. The quantitative estimate of drug-likeness (QED) is 0.745. The summed E-state index contributed by atoms with van der Waals surface area (Å²) < 4.78 is 4.95. The molecule has 0 spiro atoms. The average molecular weight is 237 g/mol. The monoisotopic (exact) mass is 237 g/mol. The van der Waals surface area contributed by atoms with Gasteiger partial charge in [0.05, 0.1) is 12.1 Å². The number of aromatic nitrogens is 1. The first-order valence-corrected chi connectivity index (χ1v) is 5.58. The number of hydrogen-bond acceptors (Lipinski definition) is 4. The number of nitrogens with one attached hydrogen (secondary N) is 2. The van der Waals surface area contributed by atoms with Crippen LogP contribution in [0.25, 0.3) is 0 Å². The van der Waals surface area contributed by atoms with Crippen LogP contribution in [0.15, 0.2) is 4.52 Å². The molecule has 1 aromatic heterocycles. The van der Waals surface area contributed by atoms with Gasteiger partial charge in [0.1, 0.15) is 5.76 Å². The molecule has 0 atom stereocenters. The van der Waals surface area contributed by atoms with Gasteiger partial charge >= 0.3 is 0 Å². The van der Waals surface area contributed by atoms with E-state index < -0.39 is 0 Å². The highest BCUT2D eigenvalue weighted by Crippen LogP contribution is 2.28. The Morgan fingerprint density at radius 2 is 2.06 bits per heavy atom. The van der Waals surface area contributed by atoms with Gasteiger partial charge in [-0.1, -0.05) is 5.16 Å². The normalized spacial score (nSPS) is 14.5. The van der Waals surface area contributed by atoms with Crippen LogP contribution in [0.1, 0.15) is 29.9 Å². The number of aryl methyl sites for hydroxylation is 2. The molecule has 0 saturated heterocycles. The Hall–Kier alpha value is -1.85. The molecular formula is C11H15N3O3. The lowest BCUT2D eigenvalue weighted by Crippen LogP contribution is -2.43. The average Bonchev–Trinajstić information content (AvgIpc) is 3.09. The van der Waals surface area contributed by atoms with Gasteiger partial charge in [-0.15, -0.1) is 0 Å². The minimum absolute atomic E-state index is 0.0781. The standard InChI is InChI=1S/C11H15N3O3/c1-6-9(7(2)17-14-6)5-10(15)12-13-11(16)8-3-4-8/h8H,3-5H2,1-2H3,(H,12,15)(H,13,16). The summed E-state index contributed by atoms with van der Waals surface area (Å²) in [6, 6.07) is 0. The summed E-state index contributed by atoms with van der Waals surface area (Å²) in [5.41, 5.74) is 6.26. The van der Waals surface area contributed by atoms with Crippen molar-refractivity contribution < 1.29 is 14.1 Å². The summed E-state index contributed by atoms with van der Waals surface area (Å²) in [6.45, 7) is 3.54. The fraction of sp³-hybridized carbons (Fsp3) is 0.545. The van der Waals surface area contributed by atoms with Crippen LogP contribution in [0.2, 0.25) is 0 Å². The molecule has 0 unspecified atom stereocenters. The van der Waals surface area contributed by atoms with Crippen LogP contribution in [0.5, 0.6) is 0 Å². The van der Waals surface area contributed by atoms with Gasteiger partial charge in [0, 0.05) is 11.5 Å². The van der Waals surface area contributed by atoms with E-state index in [1.54, 1.807) is 13.8 Å². The molecule has 0 bridgehead atoms. The Morgan fingerprint density at radius 3 is 2.59 bits per heavy atom. The van der Waals surface area contributed by atoms with Crippen LogP contribution in [-0.4, -0.2) is 17.0 Å². The lowest BCUT2D eigenvalue weighted by molar-refractivity contribution is -0.129. The third-order valence-corrected chi connectivity index (χ3v) is 2.79. The number of hydrazine groups is 1. The van der Waals surface area contributed by atoms with Crippen molar-refractivity contribution in [2.24, 2.45) is 5.92 Å². The van der Waals surface area contributed by atoms with Crippen molar-refractivity contribution in [3.8, 4) is 0 Å². The maximum absolute atomic E-state index is 11.6. The molecule has 0 radical (unpaired) electrons. The van der Waals surface area contributed by atoms with E-state index in [1.807, 2.05) is 0 Å². The van der Waals surface area contributed by atoms with Gasteiger partial charge in [0.25, 0.3) is 0 Å². The van der Waals surface area contributed by atoms with Gasteiger partial charge < -0.3 is 4.52 Å². The van der Waals surface area contributed by atoms with Crippen molar-refractivity contribution in [3.05, 3.63) is 17.0 Å². The van der Waals surface area contributed by atoms with E-state index in [9.17, 15) is 9.59 Å². The Labute approximate surface area is 98.7 Å². The molecule has 1 fully saturated rings. The van der Waals surface area contributed by atoms with Crippen LogP contribution in [0.3, 0.4) is 0 Å². The van der Waals surface area contributed by atoms with Crippen molar-refractivity contribution >= 4 is 11.8 Å². The van der Waals surface area contributed by atoms with Gasteiger partial charge in [0.2, 0.25) is 11.8 Å². The molecule has 2 amide bonds. The number of carbonyl (C=O) groups excluding carboxylic acids is 2. The summed E-state index contributed by atoms with van der Waals surface area (Å²) in [4.78, 5) is 22.9. The second-order valence-corrected chi connectivity index (χ2v) is 4.29. The van der Waals surface area contributed by atoms with E-state index in [1.165, 1.54) is 0 Å². The van der Waals surface area contributed by atoms with E-state index in [2.05, 4.69) is 16.0 Å². The molecule has 1 aromatic rings. The highest BCUT2D eigenvalue weighted by molar-refractivity contribution is 5.85. The Kier molecular flexibility index (Phi) is 3.12. The maximum atomic E-state index is 11.6. The largest absolute Gasteiger partial charge is 0.361 e. The first-order chi connectivity index (χ1) is 8.08. The van der Waals surface area contributed by atoms with Gasteiger partial charge in [-0.2, -0.15) is 0 Å². The number of hydrogen-bond donors (Lipinski definition) is 2. The van der Waals surface area contributed by atoms with Crippen molar-refractivity contribution in [1.82, 2.24) is 16.0 Å². The van der Waals surface area contributed by atoms with Gasteiger partial charge in [-0.25, -0.2) is 0 Å². The lowest BCUT2D eigenvalue weighted by atomic mass is 10.1. The lowest BCUT2D eigenvalue weighted by Gasteiger charge is -2.06. The number of carbonyl (C=O) groups is 2. The maximum Gasteiger partial charge on any atom is 0.243 e. The predicted octanol–water partition coefficient (Wildman–Crippen LogP) is 0.391. The summed E-state index contributed by atoms with van der Waals surface area (Å²) in [5, 5.41) is 3.76. The summed E-state index contributed by atoms with van der Waals surface area (Å²) >= 11 is 0. The smallest absolute Gasteiger partial charge is 0.243 e. The molecule has 2 N–H and O–H groups in total. The van der Waals surface area contributed by atoms with Crippen molar-refractivity contribution in [1.29, 1.82) is 0 Å². The fourth-order valence-electron chi connectivity index (χ4n) is 1.54. The van der Waals surface area contributed by atoms with Crippen molar-refractivity contribution in [2.45, 2.75) is 33.1 Å². The molecule has 6 nitrogen and oxygen atoms in total. The zero-order valence-electron chi connectivity index (χ0n) is 9.87. The van der Waals surface area contributed by atoms with Crippen LogP contribution < -0.4 is 10.9 Å². The summed E-state index contributed by atoms with van der Waals surface area (Å²) in [6.07, 6.45) is 1.98. The second kappa shape index (κ2) is 4.57. The van der Waals surface area contributed by atoms with E-state index in [-0.39, 0.29) is 24.2 Å². The molecule has 0 aromatic carbocycles. The van der Waals surface area contributed by atoms with Crippen molar-refractivity contribution in [2.75, 3.05) is 0 Å². The van der Waals surface area contributed by atoms with Crippen LogP contribution in [0, 0.1) is 19.8 Å². The summed E-state index contributed by atoms with van der Waals surface area (Å²) in [7, 11) is 0. The molecule has 1 saturated carbocycles. The van der Waals surface area contributed by atoms with Gasteiger partial charge in [0.15, 0.2) is 0 Å². The Morgan fingerprint density at radius 1 is 1.35 bits per heavy atom. The zero-order chi connectivity index (χ0) is 12.4. The Balaban J connectivity index is 1.82. The zero-order valence-corrected chi connectivity index (χ0v) is 9.87. The first-order valence-electron chi connectivity index (χ1n) is 5.58. The minimum Gasteiger partial charge on any atom is -0.361 e. The van der Waals surface area contributed by atoms with Crippen LogP contribution in [0.4, 0.5) is 0 Å². The summed E-state index contributed by atoms with van der Waals surface area (Å²) in [5.74, 6) is 0.325. The third kappa shape index (κ3) is 2.83. The molecule has 1 aliphatic carbocycles. The fourth-order valence-corrected chi connectivity index (χ4v) is 1.54. The topological polar surface area (TPSA) is 84.2 Å². The SMILES string of the molecule is Cc1noc(C)c1CC(=O)NNC(=O)C1CC1. The second-order valence-electron chi connectivity index (χ2n) is 4.29. The molecule has 2 rings (SSSR count). The van der Waals surface area contributed by atoms with Crippen LogP contribution in [-0.2, 0) is 16.0 Å². The molecule has 17 heavy (non-hydrogen) atoms. The number of nitrogens with zero attached hydrogens (tertiary/aromatic N) is 1. The molecule has 1 heterocycles. The highest BCUT2D eigenvalue weighted by atomic mass is 16.5. The Bertz CT molecular complexity index is 429. The van der Waals surface area contributed by atoms with Crippen LogP contribution >= 0.6 is 0 Å². The molecule has 6 heteroatoms.